The second-order valence-electron chi connectivity index (χ2n) is 6.65. The second-order valence-corrected chi connectivity index (χ2v) is 7.56. The Kier molecular flexibility index (Phi) is 4.99. The fourth-order valence-electron chi connectivity index (χ4n) is 3.61. The highest BCUT2D eigenvalue weighted by Crippen LogP contribution is 2.30. The molecule has 0 radical (unpaired) electrons. The molecule has 4 rings (SSSR count). The lowest BCUT2D eigenvalue weighted by atomic mass is 9.92. The molecule has 0 aliphatic heterocycles. The molecule has 0 bridgehead atoms. The molecule has 3 nitrogen and oxygen atoms in total. The first-order valence-corrected chi connectivity index (χ1v) is 9.65. The van der Waals surface area contributed by atoms with E-state index in [1.807, 2.05) is 0 Å². The molecule has 1 atom stereocenters. The lowest BCUT2D eigenvalue weighted by Gasteiger charge is -2.24. The fourth-order valence-corrected chi connectivity index (χ4v) is 4.06. The number of hydrogen-bond acceptors (Lipinski definition) is 2. The summed E-state index contributed by atoms with van der Waals surface area (Å²) in [5.41, 5.74) is 5.37. The molecule has 0 spiro atoms. The van der Waals surface area contributed by atoms with Gasteiger partial charge < -0.3 is 5.32 Å². The van der Waals surface area contributed by atoms with E-state index >= 15 is 0 Å². The zero-order valence-electron chi connectivity index (χ0n) is 14.2. The third-order valence-electron chi connectivity index (χ3n) is 4.88. The summed E-state index contributed by atoms with van der Waals surface area (Å²) in [5, 5.41) is 8.41. The van der Waals surface area contributed by atoms with E-state index in [2.05, 4.69) is 91.8 Å². The van der Waals surface area contributed by atoms with Gasteiger partial charge in [0.15, 0.2) is 0 Å². The molecule has 0 amide bonds. The number of halogens is 1. The normalized spacial score (nSPS) is 16.6. The smallest absolute Gasteiger partial charge is 0.0662 e. The van der Waals surface area contributed by atoms with E-state index in [9.17, 15) is 0 Å². The molecule has 25 heavy (non-hydrogen) atoms. The number of hydrogen-bond donors (Lipinski definition) is 1. The van der Waals surface area contributed by atoms with Gasteiger partial charge in [0, 0.05) is 28.3 Å². The summed E-state index contributed by atoms with van der Waals surface area (Å²) in [6, 6.07) is 19.5. The molecular weight excluding hydrogens is 374 g/mol. The molecule has 0 fully saturated rings. The van der Waals surface area contributed by atoms with Crippen LogP contribution >= 0.6 is 15.9 Å². The first-order chi connectivity index (χ1) is 12.3. The van der Waals surface area contributed by atoms with Gasteiger partial charge in [-0.15, -0.1) is 0 Å². The highest BCUT2D eigenvalue weighted by molar-refractivity contribution is 9.10. The van der Waals surface area contributed by atoms with Crippen LogP contribution in [0.2, 0.25) is 0 Å². The van der Waals surface area contributed by atoms with Crippen LogP contribution in [0.4, 0.5) is 0 Å². The van der Waals surface area contributed by atoms with Crippen LogP contribution in [0.5, 0.6) is 0 Å². The van der Waals surface area contributed by atoms with Crippen LogP contribution in [-0.2, 0) is 19.5 Å². The average molecular weight is 396 g/mol. The summed E-state index contributed by atoms with van der Waals surface area (Å²) in [6.45, 7) is 1.74. The van der Waals surface area contributed by atoms with Crippen LogP contribution in [-0.4, -0.2) is 9.78 Å². The van der Waals surface area contributed by atoms with Crippen molar-refractivity contribution >= 4 is 15.9 Å². The monoisotopic (exact) mass is 395 g/mol. The summed E-state index contributed by atoms with van der Waals surface area (Å²) in [5.74, 6) is 0. The van der Waals surface area contributed by atoms with Crippen molar-refractivity contribution in [2.45, 2.75) is 38.4 Å². The maximum atomic E-state index is 4.68. The maximum absolute atomic E-state index is 4.68. The number of benzene rings is 2. The molecule has 3 aromatic rings. The van der Waals surface area contributed by atoms with E-state index in [1.165, 1.54) is 35.2 Å². The van der Waals surface area contributed by atoms with Crippen molar-refractivity contribution in [3.05, 3.63) is 87.7 Å². The standard InChI is InChI=1S/C21H22BrN3/c22-18-9-4-8-17(12-18)13-23-20-10-5-11-21-19(20)14-24-25(21)15-16-6-2-1-3-7-16/h1-4,6-9,12,14,20,23H,5,10-11,13,15H2. The predicted octanol–water partition coefficient (Wildman–Crippen LogP) is 4.86. The van der Waals surface area contributed by atoms with Crippen LogP contribution in [0.3, 0.4) is 0 Å². The van der Waals surface area contributed by atoms with Gasteiger partial charge in [0.25, 0.3) is 0 Å². The molecule has 1 unspecified atom stereocenters. The van der Waals surface area contributed by atoms with Gasteiger partial charge in [-0.3, -0.25) is 4.68 Å². The number of nitrogens with zero attached hydrogens (tertiary/aromatic N) is 2. The Hall–Kier alpha value is -1.91. The first-order valence-electron chi connectivity index (χ1n) is 8.86. The van der Waals surface area contributed by atoms with Crippen molar-refractivity contribution in [2.24, 2.45) is 0 Å². The molecular formula is C21H22BrN3. The molecule has 1 aliphatic carbocycles. The minimum Gasteiger partial charge on any atom is -0.306 e. The largest absolute Gasteiger partial charge is 0.306 e. The molecule has 1 N–H and O–H groups in total. The van der Waals surface area contributed by atoms with E-state index in [0.29, 0.717) is 6.04 Å². The van der Waals surface area contributed by atoms with Crippen LogP contribution in [0.25, 0.3) is 0 Å². The van der Waals surface area contributed by atoms with Crippen LogP contribution in [0, 0.1) is 0 Å². The lowest BCUT2D eigenvalue weighted by Crippen LogP contribution is -2.25. The van der Waals surface area contributed by atoms with Gasteiger partial charge in [0.05, 0.1) is 12.7 Å². The minimum atomic E-state index is 0.396. The van der Waals surface area contributed by atoms with Crippen molar-refractivity contribution in [3.8, 4) is 0 Å². The van der Waals surface area contributed by atoms with Crippen molar-refractivity contribution in [3.63, 3.8) is 0 Å². The van der Waals surface area contributed by atoms with Crippen molar-refractivity contribution < 1.29 is 0 Å². The van der Waals surface area contributed by atoms with Crippen LogP contribution < -0.4 is 5.32 Å². The number of rotatable bonds is 5. The van der Waals surface area contributed by atoms with E-state index in [-0.39, 0.29) is 0 Å². The highest BCUT2D eigenvalue weighted by Gasteiger charge is 2.23. The molecule has 1 aromatic heterocycles. The third-order valence-corrected chi connectivity index (χ3v) is 5.37. The highest BCUT2D eigenvalue weighted by atomic mass is 79.9. The van der Waals surface area contributed by atoms with Gasteiger partial charge in [0.2, 0.25) is 0 Å². The Bertz CT molecular complexity index is 841. The Morgan fingerprint density at radius 1 is 1.08 bits per heavy atom. The van der Waals surface area contributed by atoms with E-state index in [0.717, 1.165) is 24.0 Å². The zero-order valence-corrected chi connectivity index (χ0v) is 15.7. The first kappa shape index (κ1) is 16.6. The molecule has 128 valence electrons. The van der Waals surface area contributed by atoms with Gasteiger partial charge in [-0.1, -0.05) is 58.4 Å². The van der Waals surface area contributed by atoms with Crippen LogP contribution in [0.1, 0.15) is 41.3 Å². The van der Waals surface area contributed by atoms with Gasteiger partial charge >= 0.3 is 0 Å². The molecule has 4 heteroatoms. The van der Waals surface area contributed by atoms with E-state index in [1.54, 1.807) is 0 Å². The van der Waals surface area contributed by atoms with Gasteiger partial charge in [-0.05, 0) is 42.5 Å². The number of aromatic nitrogens is 2. The summed E-state index contributed by atoms with van der Waals surface area (Å²) < 4.78 is 3.31. The molecule has 0 saturated carbocycles. The number of nitrogens with one attached hydrogen (secondary N) is 1. The molecule has 1 heterocycles. The molecule has 1 aliphatic rings. The lowest BCUT2D eigenvalue weighted by molar-refractivity contribution is 0.449. The van der Waals surface area contributed by atoms with Crippen LogP contribution in [0.15, 0.2) is 65.3 Å². The molecule has 2 aromatic carbocycles. The van der Waals surface area contributed by atoms with Gasteiger partial charge in [0.1, 0.15) is 0 Å². The Labute approximate surface area is 157 Å². The number of fused-ring (bicyclic) bond motifs is 1. The van der Waals surface area contributed by atoms with Crippen molar-refractivity contribution in [1.29, 1.82) is 0 Å². The van der Waals surface area contributed by atoms with E-state index in [4.69, 9.17) is 0 Å². The maximum Gasteiger partial charge on any atom is 0.0662 e. The fraction of sp³-hybridized carbons (Fsp3) is 0.286. The Morgan fingerprint density at radius 2 is 1.92 bits per heavy atom. The van der Waals surface area contributed by atoms with Gasteiger partial charge in [-0.2, -0.15) is 5.10 Å². The predicted molar refractivity (Wildman–Crippen MR) is 104 cm³/mol. The van der Waals surface area contributed by atoms with E-state index < -0.39 is 0 Å². The Balaban J connectivity index is 1.49. The molecule has 0 saturated heterocycles. The summed E-state index contributed by atoms with van der Waals surface area (Å²) in [4.78, 5) is 0. The summed E-state index contributed by atoms with van der Waals surface area (Å²) in [7, 11) is 0. The average Bonchev–Trinajstić information content (AvgIpc) is 3.04. The van der Waals surface area contributed by atoms with Gasteiger partial charge in [-0.25, -0.2) is 0 Å². The van der Waals surface area contributed by atoms with Crippen molar-refractivity contribution in [2.75, 3.05) is 0 Å². The minimum absolute atomic E-state index is 0.396. The summed E-state index contributed by atoms with van der Waals surface area (Å²) in [6.07, 6.45) is 5.58. The SMILES string of the molecule is Brc1cccc(CNC2CCCc3c2cnn3Cc2ccccc2)c1. The topological polar surface area (TPSA) is 29.9 Å². The third kappa shape index (κ3) is 3.86. The zero-order chi connectivity index (χ0) is 17.1. The van der Waals surface area contributed by atoms with Crippen molar-refractivity contribution in [1.82, 2.24) is 15.1 Å². The Morgan fingerprint density at radius 3 is 2.76 bits per heavy atom. The summed E-state index contributed by atoms with van der Waals surface area (Å²) >= 11 is 3.55. The second kappa shape index (κ2) is 7.54. The quantitative estimate of drug-likeness (QED) is 0.668.